The number of ether oxygens (including phenoxy) is 2. The zero-order valence-electron chi connectivity index (χ0n) is 17.4. The Balaban J connectivity index is 1.77. The van der Waals surface area contributed by atoms with E-state index >= 15 is 0 Å². The molecule has 1 aromatic carbocycles. The van der Waals surface area contributed by atoms with Crippen molar-refractivity contribution in [3.05, 3.63) is 45.3 Å². The van der Waals surface area contributed by atoms with Gasteiger partial charge in [0.25, 0.3) is 11.8 Å². The summed E-state index contributed by atoms with van der Waals surface area (Å²) < 4.78 is 11.0. The highest BCUT2D eigenvalue weighted by atomic mass is 32.1. The average molecular weight is 431 g/mol. The van der Waals surface area contributed by atoms with E-state index in [2.05, 4.69) is 5.32 Å². The summed E-state index contributed by atoms with van der Waals surface area (Å²) >= 11 is 1.42. The molecule has 0 atom stereocenters. The van der Waals surface area contributed by atoms with E-state index in [1.54, 1.807) is 32.0 Å². The number of carbonyl (C=O) groups is 3. The number of nitrogens with two attached hydrogens (primary N) is 1. The molecule has 160 valence electrons. The van der Waals surface area contributed by atoms with Crippen molar-refractivity contribution in [2.75, 3.05) is 11.9 Å². The maximum atomic E-state index is 12.7. The first-order valence-electron chi connectivity index (χ1n) is 9.95. The fraction of sp³-hybridized carbons (Fsp3) is 0.409. The Morgan fingerprint density at radius 1 is 1.20 bits per heavy atom. The Labute approximate surface area is 179 Å². The van der Waals surface area contributed by atoms with Crippen molar-refractivity contribution in [2.24, 2.45) is 5.73 Å². The van der Waals surface area contributed by atoms with Crippen LogP contribution in [0.5, 0.6) is 5.75 Å². The van der Waals surface area contributed by atoms with Gasteiger partial charge in [-0.1, -0.05) is 6.07 Å². The molecule has 1 aliphatic rings. The second-order valence-corrected chi connectivity index (χ2v) is 8.67. The molecule has 0 fully saturated rings. The topological polar surface area (TPSA) is 108 Å². The number of benzene rings is 1. The minimum absolute atomic E-state index is 0.209. The lowest BCUT2D eigenvalue weighted by Crippen LogP contribution is -2.23. The van der Waals surface area contributed by atoms with Gasteiger partial charge in [-0.15, -0.1) is 11.3 Å². The van der Waals surface area contributed by atoms with E-state index in [4.69, 9.17) is 15.2 Å². The van der Waals surface area contributed by atoms with E-state index < -0.39 is 17.8 Å². The highest BCUT2D eigenvalue weighted by Crippen LogP contribution is 2.38. The number of carbonyl (C=O) groups excluding carboxylic acids is 3. The van der Waals surface area contributed by atoms with Gasteiger partial charge in [0.1, 0.15) is 10.8 Å². The van der Waals surface area contributed by atoms with Gasteiger partial charge in [-0.2, -0.15) is 0 Å². The van der Waals surface area contributed by atoms with E-state index in [-0.39, 0.29) is 24.0 Å². The van der Waals surface area contributed by atoms with E-state index in [0.717, 1.165) is 41.7 Å². The van der Waals surface area contributed by atoms with Crippen LogP contribution in [0.4, 0.5) is 5.00 Å². The molecule has 0 saturated heterocycles. The Morgan fingerprint density at radius 3 is 2.63 bits per heavy atom. The normalized spacial score (nSPS) is 12.9. The molecule has 0 bridgehead atoms. The van der Waals surface area contributed by atoms with Crippen LogP contribution >= 0.6 is 11.3 Å². The maximum absolute atomic E-state index is 12.7. The molecule has 30 heavy (non-hydrogen) atoms. The van der Waals surface area contributed by atoms with Gasteiger partial charge in [0.05, 0.1) is 17.2 Å². The highest BCUT2D eigenvalue weighted by molar-refractivity contribution is 7.17. The second-order valence-electron chi connectivity index (χ2n) is 7.57. The van der Waals surface area contributed by atoms with Crippen LogP contribution in [0.25, 0.3) is 0 Å². The highest BCUT2D eigenvalue weighted by Gasteiger charge is 2.28. The minimum atomic E-state index is -0.630. The van der Waals surface area contributed by atoms with Crippen LogP contribution in [0.1, 0.15) is 63.4 Å². The van der Waals surface area contributed by atoms with Crippen molar-refractivity contribution in [1.29, 1.82) is 0 Å². The first-order valence-corrected chi connectivity index (χ1v) is 10.8. The van der Waals surface area contributed by atoms with Crippen molar-refractivity contribution in [3.63, 3.8) is 0 Å². The molecule has 1 aromatic heterocycles. The van der Waals surface area contributed by atoms with Crippen molar-refractivity contribution in [3.8, 4) is 5.75 Å². The van der Waals surface area contributed by atoms with Gasteiger partial charge in [0, 0.05) is 4.88 Å². The molecule has 1 heterocycles. The number of anilines is 1. The minimum Gasteiger partial charge on any atom is -0.483 e. The predicted molar refractivity (Wildman–Crippen MR) is 115 cm³/mol. The number of fused-ring (bicyclic) bond motifs is 1. The summed E-state index contributed by atoms with van der Waals surface area (Å²) in [6, 6.07) is 4.97. The zero-order valence-corrected chi connectivity index (χ0v) is 18.2. The summed E-state index contributed by atoms with van der Waals surface area (Å²) in [5.41, 5.74) is 7.88. The van der Waals surface area contributed by atoms with Crippen LogP contribution in [-0.4, -0.2) is 30.5 Å². The SMILES string of the molecule is Cc1ccc(C(N)=O)c(OCC(=O)Nc2sc3c(c2C(=O)OC(C)C)CCCC3)c1. The van der Waals surface area contributed by atoms with Gasteiger partial charge >= 0.3 is 5.97 Å². The number of aryl methyl sites for hydroxylation is 2. The Hall–Kier alpha value is -2.87. The predicted octanol–water partition coefficient (Wildman–Crippen LogP) is 3.62. The number of rotatable bonds is 7. The third kappa shape index (κ3) is 4.99. The number of nitrogens with one attached hydrogen (secondary N) is 1. The average Bonchev–Trinajstić information content (AvgIpc) is 3.03. The largest absolute Gasteiger partial charge is 0.483 e. The van der Waals surface area contributed by atoms with Gasteiger partial charge < -0.3 is 20.5 Å². The van der Waals surface area contributed by atoms with Crippen molar-refractivity contribution in [1.82, 2.24) is 0 Å². The van der Waals surface area contributed by atoms with Crippen LogP contribution in [0.2, 0.25) is 0 Å². The molecule has 0 spiro atoms. The standard InChI is InChI=1S/C22H26N2O5S/c1-12(2)29-22(27)19-15-6-4-5-7-17(15)30-21(19)24-18(25)11-28-16-10-13(3)8-9-14(16)20(23)26/h8-10,12H,4-7,11H2,1-3H3,(H2,23,26)(H,24,25). The fourth-order valence-electron chi connectivity index (χ4n) is 3.40. The van der Waals surface area contributed by atoms with Gasteiger partial charge in [-0.3, -0.25) is 9.59 Å². The van der Waals surface area contributed by atoms with Crippen LogP contribution in [0.15, 0.2) is 18.2 Å². The fourth-order valence-corrected chi connectivity index (χ4v) is 4.70. The number of primary amides is 1. The number of hydrogen-bond donors (Lipinski definition) is 2. The second kappa shape index (κ2) is 9.30. The van der Waals surface area contributed by atoms with Crippen molar-refractivity contribution >= 4 is 34.1 Å². The van der Waals surface area contributed by atoms with Gasteiger partial charge in [-0.25, -0.2) is 4.79 Å². The van der Waals surface area contributed by atoms with Crippen molar-refractivity contribution in [2.45, 2.75) is 52.6 Å². The van der Waals surface area contributed by atoms with E-state index in [0.29, 0.717) is 10.6 Å². The molecule has 0 saturated carbocycles. The molecular formula is C22H26N2O5S. The third-order valence-electron chi connectivity index (χ3n) is 4.73. The first-order chi connectivity index (χ1) is 14.3. The molecule has 3 N–H and O–H groups in total. The molecule has 2 amide bonds. The van der Waals surface area contributed by atoms with Crippen LogP contribution in [-0.2, 0) is 22.4 Å². The molecule has 0 unspecified atom stereocenters. The zero-order chi connectivity index (χ0) is 21.8. The lowest BCUT2D eigenvalue weighted by Gasteiger charge is -2.14. The monoisotopic (exact) mass is 430 g/mol. The van der Waals surface area contributed by atoms with E-state index in [1.807, 2.05) is 6.92 Å². The molecule has 0 aliphatic heterocycles. The lowest BCUT2D eigenvalue weighted by atomic mass is 9.95. The summed E-state index contributed by atoms with van der Waals surface area (Å²) in [7, 11) is 0. The summed E-state index contributed by atoms with van der Waals surface area (Å²) in [6.07, 6.45) is 3.50. The van der Waals surface area contributed by atoms with Crippen LogP contribution in [0, 0.1) is 6.92 Å². The number of amides is 2. The summed E-state index contributed by atoms with van der Waals surface area (Å²) in [4.78, 5) is 37.9. The van der Waals surface area contributed by atoms with Gasteiger partial charge in [-0.05, 0) is 69.7 Å². The van der Waals surface area contributed by atoms with Crippen LogP contribution in [0.3, 0.4) is 0 Å². The molecule has 2 aromatic rings. The smallest absolute Gasteiger partial charge is 0.341 e. The van der Waals surface area contributed by atoms with E-state index in [9.17, 15) is 14.4 Å². The lowest BCUT2D eigenvalue weighted by molar-refractivity contribution is -0.118. The first kappa shape index (κ1) is 21.8. The molecule has 0 radical (unpaired) electrons. The molecular weight excluding hydrogens is 404 g/mol. The summed E-state index contributed by atoms with van der Waals surface area (Å²) in [5, 5.41) is 3.28. The maximum Gasteiger partial charge on any atom is 0.341 e. The molecule has 7 nitrogen and oxygen atoms in total. The van der Waals surface area contributed by atoms with Gasteiger partial charge in [0.15, 0.2) is 6.61 Å². The summed E-state index contributed by atoms with van der Waals surface area (Å²) in [6.45, 7) is 5.12. The number of hydrogen-bond acceptors (Lipinski definition) is 6. The quantitative estimate of drug-likeness (QED) is 0.653. The summed E-state index contributed by atoms with van der Waals surface area (Å²) in [5.74, 6) is -1.22. The van der Waals surface area contributed by atoms with E-state index in [1.165, 1.54) is 11.3 Å². The molecule has 3 rings (SSSR count). The van der Waals surface area contributed by atoms with Crippen LogP contribution < -0.4 is 15.8 Å². The van der Waals surface area contributed by atoms with Crippen molar-refractivity contribution < 1.29 is 23.9 Å². The Bertz CT molecular complexity index is 980. The van der Waals surface area contributed by atoms with Gasteiger partial charge in [0.2, 0.25) is 0 Å². The Kier molecular flexibility index (Phi) is 6.77. The number of esters is 1. The number of thiophene rings is 1. The molecule has 8 heteroatoms. The Morgan fingerprint density at radius 2 is 1.93 bits per heavy atom. The molecule has 1 aliphatic carbocycles. The third-order valence-corrected chi connectivity index (χ3v) is 5.94.